The fraction of sp³-hybridized carbons (Fsp3) is 0.133. The standard InChI is InChI=1S/C15H13ClO2S/c16-13-8-6-12(7-9-13)15(18)19-10-14(17)11-4-2-1-3-5-11/h1-9,14,17H,10H2. The maximum Gasteiger partial charge on any atom is 0.219 e. The van der Waals surface area contributed by atoms with Gasteiger partial charge in [0.2, 0.25) is 5.12 Å². The molecule has 0 heterocycles. The van der Waals surface area contributed by atoms with Crippen LogP contribution in [-0.2, 0) is 0 Å². The molecule has 0 fully saturated rings. The maximum absolute atomic E-state index is 11.9. The first kappa shape index (κ1) is 14.1. The Morgan fingerprint density at radius 1 is 1.11 bits per heavy atom. The van der Waals surface area contributed by atoms with Gasteiger partial charge in [0.25, 0.3) is 0 Å². The highest BCUT2D eigenvalue weighted by Gasteiger charge is 2.12. The molecule has 0 bridgehead atoms. The van der Waals surface area contributed by atoms with E-state index in [0.717, 1.165) is 17.3 Å². The molecule has 2 aromatic rings. The molecule has 0 spiro atoms. The molecule has 0 saturated carbocycles. The molecule has 4 heteroatoms. The lowest BCUT2D eigenvalue weighted by atomic mass is 10.1. The average Bonchev–Trinajstić information content (AvgIpc) is 2.46. The van der Waals surface area contributed by atoms with Crippen molar-refractivity contribution in [2.45, 2.75) is 6.10 Å². The van der Waals surface area contributed by atoms with Gasteiger partial charge in [0.1, 0.15) is 0 Å². The van der Waals surface area contributed by atoms with Gasteiger partial charge in [-0.15, -0.1) is 0 Å². The summed E-state index contributed by atoms with van der Waals surface area (Å²) in [4.78, 5) is 11.9. The van der Waals surface area contributed by atoms with Gasteiger partial charge in [0, 0.05) is 16.3 Å². The lowest BCUT2D eigenvalue weighted by Gasteiger charge is -2.09. The van der Waals surface area contributed by atoms with E-state index >= 15 is 0 Å². The molecule has 0 radical (unpaired) electrons. The Balaban J connectivity index is 1.92. The maximum atomic E-state index is 11.9. The number of carbonyl (C=O) groups is 1. The molecule has 0 saturated heterocycles. The summed E-state index contributed by atoms with van der Waals surface area (Å²) in [6, 6.07) is 16.1. The number of rotatable bonds is 4. The summed E-state index contributed by atoms with van der Waals surface area (Å²) in [6.07, 6.45) is -0.637. The second-order valence-electron chi connectivity index (χ2n) is 4.03. The molecule has 19 heavy (non-hydrogen) atoms. The van der Waals surface area contributed by atoms with Crippen molar-refractivity contribution >= 4 is 28.5 Å². The van der Waals surface area contributed by atoms with Crippen molar-refractivity contribution in [3.8, 4) is 0 Å². The summed E-state index contributed by atoms with van der Waals surface area (Å²) in [5.74, 6) is 0.339. The van der Waals surface area contributed by atoms with Crippen molar-refractivity contribution in [1.29, 1.82) is 0 Å². The van der Waals surface area contributed by atoms with Crippen LogP contribution in [0.1, 0.15) is 22.0 Å². The lowest BCUT2D eigenvalue weighted by Crippen LogP contribution is -2.03. The van der Waals surface area contributed by atoms with Crippen LogP contribution in [0.15, 0.2) is 54.6 Å². The highest BCUT2D eigenvalue weighted by Crippen LogP contribution is 2.21. The fourth-order valence-corrected chi connectivity index (χ4v) is 2.53. The van der Waals surface area contributed by atoms with E-state index in [1.807, 2.05) is 30.3 Å². The van der Waals surface area contributed by atoms with Crippen molar-refractivity contribution in [3.05, 3.63) is 70.7 Å². The third-order valence-corrected chi connectivity index (χ3v) is 3.87. The highest BCUT2D eigenvalue weighted by molar-refractivity contribution is 8.14. The zero-order valence-electron chi connectivity index (χ0n) is 10.1. The summed E-state index contributed by atoms with van der Waals surface area (Å²) < 4.78 is 0. The van der Waals surface area contributed by atoms with Crippen molar-refractivity contribution in [1.82, 2.24) is 0 Å². The van der Waals surface area contributed by atoms with E-state index in [0.29, 0.717) is 16.3 Å². The van der Waals surface area contributed by atoms with Gasteiger partial charge < -0.3 is 5.11 Å². The summed E-state index contributed by atoms with van der Waals surface area (Å²) in [6.45, 7) is 0. The van der Waals surface area contributed by atoms with E-state index in [-0.39, 0.29) is 5.12 Å². The van der Waals surface area contributed by atoms with Crippen LogP contribution in [0.5, 0.6) is 0 Å². The minimum Gasteiger partial charge on any atom is -0.388 e. The second kappa shape index (κ2) is 6.75. The molecule has 0 aliphatic heterocycles. The Morgan fingerprint density at radius 3 is 2.37 bits per heavy atom. The molecule has 2 nitrogen and oxygen atoms in total. The minimum absolute atomic E-state index is 0.0633. The number of thioether (sulfide) groups is 1. The van der Waals surface area contributed by atoms with Crippen LogP contribution in [0, 0.1) is 0 Å². The number of benzene rings is 2. The quantitative estimate of drug-likeness (QED) is 0.927. The molecule has 2 rings (SSSR count). The van der Waals surface area contributed by atoms with Gasteiger partial charge >= 0.3 is 0 Å². The molecular weight excluding hydrogens is 280 g/mol. The van der Waals surface area contributed by atoms with Crippen LogP contribution in [0.2, 0.25) is 5.02 Å². The second-order valence-corrected chi connectivity index (χ2v) is 5.46. The van der Waals surface area contributed by atoms with Crippen molar-refractivity contribution < 1.29 is 9.90 Å². The molecule has 0 aliphatic rings. The first-order valence-electron chi connectivity index (χ1n) is 5.82. The summed E-state index contributed by atoms with van der Waals surface area (Å²) in [5.41, 5.74) is 1.41. The Hall–Kier alpha value is -1.29. The number of halogens is 1. The first-order valence-corrected chi connectivity index (χ1v) is 7.19. The van der Waals surface area contributed by atoms with Crippen molar-refractivity contribution in [3.63, 3.8) is 0 Å². The van der Waals surface area contributed by atoms with E-state index < -0.39 is 6.10 Å². The van der Waals surface area contributed by atoms with Crippen LogP contribution in [-0.4, -0.2) is 16.0 Å². The molecule has 1 atom stereocenters. The van der Waals surface area contributed by atoms with Gasteiger partial charge in [-0.25, -0.2) is 0 Å². The molecule has 0 amide bonds. The van der Waals surface area contributed by atoms with E-state index in [1.165, 1.54) is 0 Å². The smallest absolute Gasteiger partial charge is 0.219 e. The van der Waals surface area contributed by atoms with Crippen LogP contribution in [0.4, 0.5) is 0 Å². The summed E-state index contributed by atoms with van der Waals surface area (Å²) in [5, 5.41) is 10.5. The number of aliphatic hydroxyl groups excluding tert-OH is 1. The number of carbonyl (C=O) groups excluding carboxylic acids is 1. The minimum atomic E-state index is -0.637. The van der Waals surface area contributed by atoms with Crippen molar-refractivity contribution in [2.24, 2.45) is 0 Å². The third kappa shape index (κ3) is 4.10. The Kier molecular flexibility index (Phi) is 5.02. The lowest BCUT2D eigenvalue weighted by molar-refractivity contribution is 0.108. The average molecular weight is 293 g/mol. The van der Waals surface area contributed by atoms with Gasteiger partial charge in [0.15, 0.2) is 0 Å². The molecule has 0 aromatic heterocycles. The van der Waals surface area contributed by atoms with Gasteiger partial charge in [-0.1, -0.05) is 53.7 Å². The van der Waals surface area contributed by atoms with Gasteiger partial charge in [-0.05, 0) is 29.8 Å². The SMILES string of the molecule is O=C(SCC(O)c1ccccc1)c1ccc(Cl)cc1. The number of aliphatic hydroxyl groups is 1. The van der Waals surface area contributed by atoms with Crippen LogP contribution in [0.3, 0.4) is 0 Å². The van der Waals surface area contributed by atoms with E-state index in [4.69, 9.17) is 11.6 Å². The van der Waals surface area contributed by atoms with Gasteiger partial charge in [-0.2, -0.15) is 0 Å². The molecule has 1 N–H and O–H groups in total. The largest absolute Gasteiger partial charge is 0.388 e. The van der Waals surface area contributed by atoms with Gasteiger partial charge in [-0.3, -0.25) is 4.79 Å². The van der Waals surface area contributed by atoms with Crippen LogP contribution >= 0.6 is 23.4 Å². The van der Waals surface area contributed by atoms with Crippen LogP contribution in [0.25, 0.3) is 0 Å². The zero-order valence-corrected chi connectivity index (χ0v) is 11.7. The topological polar surface area (TPSA) is 37.3 Å². The molecule has 1 unspecified atom stereocenters. The summed E-state index contributed by atoms with van der Waals surface area (Å²) in [7, 11) is 0. The molecule has 98 valence electrons. The number of hydrogen-bond acceptors (Lipinski definition) is 3. The normalized spacial score (nSPS) is 12.1. The predicted octanol–water partition coefficient (Wildman–Crippen LogP) is 3.95. The Morgan fingerprint density at radius 2 is 1.74 bits per heavy atom. The molecule has 0 aliphatic carbocycles. The zero-order chi connectivity index (χ0) is 13.7. The van der Waals surface area contributed by atoms with E-state index in [9.17, 15) is 9.90 Å². The molecular formula is C15H13ClO2S. The third-order valence-electron chi connectivity index (χ3n) is 2.64. The fourth-order valence-electron chi connectivity index (χ4n) is 1.60. The van der Waals surface area contributed by atoms with E-state index in [1.54, 1.807) is 24.3 Å². The Labute approximate surface area is 121 Å². The molecule has 2 aromatic carbocycles. The first-order chi connectivity index (χ1) is 9.16. The predicted molar refractivity (Wildman–Crippen MR) is 79.6 cm³/mol. The Bertz CT molecular complexity index is 540. The van der Waals surface area contributed by atoms with Crippen LogP contribution < -0.4 is 0 Å². The summed E-state index contributed by atoms with van der Waals surface area (Å²) >= 11 is 6.87. The number of hydrogen-bond donors (Lipinski definition) is 1. The highest BCUT2D eigenvalue weighted by atomic mass is 35.5. The van der Waals surface area contributed by atoms with Crippen molar-refractivity contribution in [2.75, 3.05) is 5.75 Å². The van der Waals surface area contributed by atoms with Gasteiger partial charge in [0.05, 0.1) is 6.10 Å². The van der Waals surface area contributed by atoms with E-state index in [2.05, 4.69) is 0 Å². The monoisotopic (exact) mass is 292 g/mol.